The summed E-state index contributed by atoms with van der Waals surface area (Å²) < 4.78 is 0. The van der Waals surface area contributed by atoms with E-state index < -0.39 is 0 Å². The van der Waals surface area contributed by atoms with Crippen molar-refractivity contribution in [2.75, 3.05) is 29.1 Å². The normalized spacial score (nSPS) is 15.5. The zero-order valence-corrected chi connectivity index (χ0v) is 13.1. The molecule has 2 N–H and O–H groups in total. The first kappa shape index (κ1) is 13.6. The molecule has 4 rings (SSSR count). The van der Waals surface area contributed by atoms with Gasteiger partial charge in [-0.1, -0.05) is 11.8 Å². The summed E-state index contributed by atoms with van der Waals surface area (Å²) in [5.74, 6) is 0.222. The second-order valence-electron chi connectivity index (χ2n) is 4.73. The van der Waals surface area contributed by atoms with E-state index in [0.29, 0.717) is 5.16 Å². The molecule has 0 bridgehead atoms. The molecule has 0 saturated heterocycles. The van der Waals surface area contributed by atoms with Gasteiger partial charge in [-0.3, -0.25) is 14.9 Å². The molecular formula is C13H12N6OS2. The van der Waals surface area contributed by atoms with Crippen molar-refractivity contribution in [3.8, 4) is 0 Å². The minimum Gasteiger partial charge on any atom is -0.325 e. The summed E-state index contributed by atoms with van der Waals surface area (Å²) in [6.45, 7) is 1.75. The number of H-pyrrole nitrogens is 1. The molecule has 2 aromatic rings. The smallest absolute Gasteiger partial charge is 0.234 e. The number of aromatic amines is 1. The molecule has 9 heteroatoms. The number of rotatable bonds is 4. The average molecular weight is 332 g/mol. The third-order valence-electron chi connectivity index (χ3n) is 3.27. The number of aliphatic imine (C=N–C) groups is 1. The van der Waals surface area contributed by atoms with Crippen LogP contribution in [0.4, 0.5) is 11.4 Å². The Morgan fingerprint density at radius 3 is 3.32 bits per heavy atom. The summed E-state index contributed by atoms with van der Waals surface area (Å²) in [6.07, 6.45) is 1.42. The van der Waals surface area contributed by atoms with Crippen molar-refractivity contribution >= 4 is 46.0 Å². The number of carbonyl (C=O) groups is 1. The Labute approximate surface area is 135 Å². The number of hydrogen-bond acceptors (Lipinski definition) is 7. The van der Waals surface area contributed by atoms with Crippen LogP contribution in [0.1, 0.15) is 0 Å². The van der Waals surface area contributed by atoms with E-state index in [1.165, 1.54) is 23.0 Å². The van der Waals surface area contributed by atoms with Crippen LogP contribution in [0.15, 0.2) is 39.6 Å². The number of nitrogens with zero attached hydrogens (tertiary/aromatic N) is 4. The molecule has 2 aliphatic heterocycles. The van der Waals surface area contributed by atoms with Gasteiger partial charge in [0.15, 0.2) is 10.3 Å². The third kappa shape index (κ3) is 2.57. The van der Waals surface area contributed by atoms with Gasteiger partial charge in [-0.15, -0.1) is 0 Å². The Morgan fingerprint density at radius 1 is 1.50 bits per heavy atom. The highest BCUT2D eigenvalue weighted by molar-refractivity contribution is 8.14. The number of nitrogens with one attached hydrogen (secondary N) is 2. The molecule has 112 valence electrons. The Hall–Kier alpha value is -2.00. The summed E-state index contributed by atoms with van der Waals surface area (Å²) in [4.78, 5) is 23.8. The van der Waals surface area contributed by atoms with Gasteiger partial charge in [0.25, 0.3) is 0 Å². The molecule has 22 heavy (non-hydrogen) atoms. The Morgan fingerprint density at radius 2 is 2.45 bits per heavy atom. The van der Waals surface area contributed by atoms with Gasteiger partial charge in [0, 0.05) is 17.1 Å². The largest absolute Gasteiger partial charge is 0.325 e. The first-order chi connectivity index (χ1) is 10.8. The lowest BCUT2D eigenvalue weighted by molar-refractivity contribution is -0.113. The van der Waals surface area contributed by atoms with Crippen molar-refractivity contribution in [1.29, 1.82) is 0 Å². The minimum atomic E-state index is -0.0673. The van der Waals surface area contributed by atoms with Gasteiger partial charge in [0.1, 0.15) is 6.33 Å². The first-order valence-electron chi connectivity index (χ1n) is 6.71. The van der Waals surface area contributed by atoms with Crippen molar-refractivity contribution in [2.24, 2.45) is 4.99 Å². The molecule has 0 aliphatic carbocycles. The summed E-state index contributed by atoms with van der Waals surface area (Å²) in [7, 11) is 0. The van der Waals surface area contributed by atoms with Gasteiger partial charge >= 0.3 is 0 Å². The maximum atomic E-state index is 12.0. The highest BCUT2D eigenvalue weighted by atomic mass is 32.2. The van der Waals surface area contributed by atoms with Gasteiger partial charge in [-0.25, -0.2) is 4.98 Å². The standard InChI is InChI=1S/C13H12N6OS2/c20-11(6-21-12-15-7-16-18-12)17-8-1-2-10-9(5-8)19-4-3-14-13(19)22-10/h1-2,5,7H,3-4,6H2,(H,17,20)(H,15,16,18). The maximum absolute atomic E-state index is 12.0. The van der Waals surface area contributed by atoms with Gasteiger partial charge < -0.3 is 10.2 Å². The van der Waals surface area contributed by atoms with Crippen LogP contribution in [-0.4, -0.2) is 45.1 Å². The first-order valence-corrected chi connectivity index (χ1v) is 8.52. The average Bonchev–Trinajstić information content (AvgIpc) is 3.22. The number of hydrogen-bond donors (Lipinski definition) is 2. The highest BCUT2D eigenvalue weighted by Crippen LogP contribution is 2.43. The van der Waals surface area contributed by atoms with E-state index in [9.17, 15) is 4.79 Å². The second kappa shape index (κ2) is 5.65. The number of fused-ring (bicyclic) bond motifs is 3. The summed E-state index contributed by atoms with van der Waals surface area (Å²) in [6, 6.07) is 5.96. The number of anilines is 2. The van der Waals surface area contributed by atoms with Crippen molar-refractivity contribution in [3.63, 3.8) is 0 Å². The van der Waals surface area contributed by atoms with E-state index in [-0.39, 0.29) is 11.7 Å². The number of thioether (sulfide) groups is 2. The van der Waals surface area contributed by atoms with Crippen molar-refractivity contribution in [1.82, 2.24) is 15.2 Å². The lowest BCUT2D eigenvalue weighted by atomic mass is 10.2. The van der Waals surface area contributed by atoms with E-state index in [0.717, 1.165) is 29.6 Å². The van der Waals surface area contributed by atoms with E-state index in [2.05, 4.69) is 30.4 Å². The van der Waals surface area contributed by atoms with Gasteiger partial charge in [0.05, 0.1) is 18.0 Å². The Bertz CT molecular complexity index is 745. The van der Waals surface area contributed by atoms with E-state index in [1.54, 1.807) is 11.8 Å². The predicted molar refractivity (Wildman–Crippen MR) is 87.7 cm³/mol. The summed E-state index contributed by atoms with van der Waals surface area (Å²) >= 11 is 3.00. The number of carbonyl (C=O) groups excluding carboxylic acids is 1. The van der Waals surface area contributed by atoms with E-state index in [1.807, 2.05) is 18.2 Å². The molecule has 0 atom stereocenters. The van der Waals surface area contributed by atoms with E-state index >= 15 is 0 Å². The van der Waals surface area contributed by atoms with Gasteiger partial charge in [0.2, 0.25) is 5.91 Å². The van der Waals surface area contributed by atoms with Crippen LogP contribution in [0.25, 0.3) is 0 Å². The molecule has 0 unspecified atom stereocenters. The lowest BCUT2D eigenvalue weighted by Crippen LogP contribution is -2.21. The number of amidine groups is 1. The Balaban J connectivity index is 1.42. The van der Waals surface area contributed by atoms with Crippen LogP contribution in [0, 0.1) is 0 Å². The molecule has 1 aromatic heterocycles. The zero-order valence-electron chi connectivity index (χ0n) is 11.4. The fourth-order valence-electron chi connectivity index (χ4n) is 2.32. The third-order valence-corrected chi connectivity index (χ3v) is 5.24. The monoisotopic (exact) mass is 332 g/mol. The number of benzene rings is 1. The number of aromatic nitrogens is 3. The quantitative estimate of drug-likeness (QED) is 0.831. The summed E-state index contributed by atoms with van der Waals surface area (Å²) in [5, 5.41) is 11.1. The minimum absolute atomic E-state index is 0.0673. The molecule has 2 aliphatic rings. The summed E-state index contributed by atoms with van der Waals surface area (Å²) in [5.41, 5.74) is 1.93. The molecule has 1 aromatic carbocycles. The predicted octanol–water partition coefficient (Wildman–Crippen LogP) is 1.82. The Kier molecular flexibility index (Phi) is 3.51. The molecule has 7 nitrogen and oxygen atoms in total. The van der Waals surface area contributed by atoms with Crippen LogP contribution < -0.4 is 10.2 Å². The van der Waals surface area contributed by atoms with Crippen LogP contribution >= 0.6 is 23.5 Å². The molecule has 3 heterocycles. The van der Waals surface area contributed by atoms with Crippen molar-refractivity contribution < 1.29 is 4.79 Å². The van der Waals surface area contributed by atoms with Crippen LogP contribution in [0.2, 0.25) is 0 Å². The SMILES string of the molecule is O=C(CSc1ncn[nH]1)Nc1ccc2c(c1)N1CCN=C1S2. The van der Waals surface area contributed by atoms with Crippen LogP contribution in [0.5, 0.6) is 0 Å². The molecule has 1 amide bonds. The molecule has 0 radical (unpaired) electrons. The number of amides is 1. The van der Waals surface area contributed by atoms with Gasteiger partial charge in [-0.05, 0) is 30.0 Å². The molecule has 0 fully saturated rings. The zero-order chi connectivity index (χ0) is 14.9. The van der Waals surface area contributed by atoms with Crippen LogP contribution in [-0.2, 0) is 4.79 Å². The van der Waals surface area contributed by atoms with Gasteiger partial charge in [-0.2, -0.15) is 5.10 Å². The second-order valence-corrected chi connectivity index (χ2v) is 6.70. The van der Waals surface area contributed by atoms with Crippen LogP contribution in [0.3, 0.4) is 0 Å². The molecular weight excluding hydrogens is 320 g/mol. The lowest BCUT2D eigenvalue weighted by Gasteiger charge is -2.13. The fourth-order valence-corrected chi connectivity index (χ4v) is 3.96. The van der Waals surface area contributed by atoms with Crippen molar-refractivity contribution in [3.05, 3.63) is 24.5 Å². The van der Waals surface area contributed by atoms with E-state index in [4.69, 9.17) is 0 Å². The highest BCUT2D eigenvalue weighted by Gasteiger charge is 2.29. The molecule has 0 saturated carbocycles. The van der Waals surface area contributed by atoms with Crippen molar-refractivity contribution in [2.45, 2.75) is 10.1 Å². The topological polar surface area (TPSA) is 86.3 Å². The molecule has 0 spiro atoms. The fraction of sp³-hybridized carbons (Fsp3) is 0.231. The maximum Gasteiger partial charge on any atom is 0.234 e.